The van der Waals surface area contributed by atoms with E-state index < -0.39 is 5.97 Å². The second-order valence-electron chi connectivity index (χ2n) is 3.50. The van der Waals surface area contributed by atoms with Gasteiger partial charge in [-0.2, -0.15) is 4.98 Å². The molecule has 1 aromatic heterocycles. The molecule has 1 aliphatic heterocycles. The number of aromatic carboxylic acids is 1. The zero-order chi connectivity index (χ0) is 10.1. The fourth-order valence-corrected chi connectivity index (χ4v) is 1.61. The summed E-state index contributed by atoms with van der Waals surface area (Å²) < 4.78 is 4.90. The molecule has 1 fully saturated rings. The topological polar surface area (TPSA) is 88.2 Å². The summed E-state index contributed by atoms with van der Waals surface area (Å²) in [4.78, 5) is 14.3. The molecule has 0 amide bonds. The maximum absolute atomic E-state index is 10.5. The molecule has 76 valence electrons. The second kappa shape index (κ2) is 3.38. The first kappa shape index (κ1) is 9.14. The monoisotopic (exact) mass is 197 g/mol. The SMILES string of the molecule is C[C@@H]1CNC[C@H]1c1nc(C(=O)O)no1. The number of carboxylic acids is 1. The number of carboxylic acid groups (broad SMARTS) is 1. The highest BCUT2D eigenvalue weighted by Crippen LogP contribution is 2.25. The van der Waals surface area contributed by atoms with Gasteiger partial charge < -0.3 is 14.9 Å². The number of nitrogens with one attached hydrogen (secondary N) is 1. The molecule has 0 unspecified atom stereocenters. The minimum absolute atomic E-state index is 0.135. The summed E-state index contributed by atoms with van der Waals surface area (Å²) in [5.41, 5.74) is 0. The van der Waals surface area contributed by atoms with Gasteiger partial charge in [-0.3, -0.25) is 0 Å². The van der Waals surface area contributed by atoms with Crippen molar-refractivity contribution in [1.29, 1.82) is 0 Å². The van der Waals surface area contributed by atoms with E-state index in [1.165, 1.54) is 0 Å². The van der Waals surface area contributed by atoms with E-state index in [0.29, 0.717) is 11.8 Å². The van der Waals surface area contributed by atoms with E-state index in [9.17, 15) is 4.79 Å². The molecule has 0 saturated carbocycles. The Hall–Kier alpha value is -1.43. The first-order valence-electron chi connectivity index (χ1n) is 4.46. The fourth-order valence-electron chi connectivity index (χ4n) is 1.61. The highest BCUT2D eigenvalue weighted by molar-refractivity contribution is 5.82. The van der Waals surface area contributed by atoms with Gasteiger partial charge in [0.25, 0.3) is 5.82 Å². The van der Waals surface area contributed by atoms with E-state index in [2.05, 4.69) is 22.4 Å². The van der Waals surface area contributed by atoms with Gasteiger partial charge in [-0.05, 0) is 17.6 Å². The summed E-state index contributed by atoms with van der Waals surface area (Å²) in [6.07, 6.45) is 0. The Labute approximate surface area is 80.3 Å². The van der Waals surface area contributed by atoms with Crippen LogP contribution in [-0.4, -0.2) is 34.3 Å². The average Bonchev–Trinajstić information content (AvgIpc) is 2.71. The van der Waals surface area contributed by atoms with Crippen molar-refractivity contribution in [2.24, 2.45) is 5.92 Å². The van der Waals surface area contributed by atoms with Crippen LogP contribution in [0.4, 0.5) is 0 Å². The number of aromatic nitrogens is 2. The zero-order valence-corrected chi connectivity index (χ0v) is 7.73. The highest BCUT2D eigenvalue weighted by Gasteiger charge is 2.30. The van der Waals surface area contributed by atoms with E-state index in [-0.39, 0.29) is 11.7 Å². The molecule has 2 N–H and O–H groups in total. The van der Waals surface area contributed by atoms with Crippen LogP contribution in [-0.2, 0) is 0 Å². The lowest BCUT2D eigenvalue weighted by atomic mass is 9.98. The van der Waals surface area contributed by atoms with Crippen molar-refractivity contribution < 1.29 is 14.4 Å². The fraction of sp³-hybridized carbons (Fsp3) is 0.625. The molecule has 2 rings (SSSR count). The average molecular weight is 197 g/mol. The largest absolute Gasteiger partial charge is 0.475 e. The smallest absolute Gasteiger partial charge is 0.377 e. The van der Waals surface area contributed by atoms with Gasteiger partial charge in [-0.25, -0.2) is 4.79 Å². The van der Waals surface area contributed by atoms with Crippen molar-refractivity contribution in [3.63, 3.8) is 0 Å². The van der Waals surface area contributed by atoms with Gasteiger partial charge in [0.15, 0.2) is 0 Å². The summed E-state index contributed by atoms with van der Waals surface area (Å²) in [5.74, 6) is -0.467. The van der Waals surface area contributed by atoms with Gasteiger partial charge >= 0.3 is 5.97 Å². The molecule has 1 aromatic rings. The highest BCUT2D eigenvalue weighted by atomic mass is 16.5. The Morgan fingerprint density at radius 1 is 1.64 bits per heavy atom. The van der Waals surface area contributed by atoms with Crippen molar-refractivity contribution in [3.8, 4) is 0 Å². The predicted molar refractivity (Wildman–Crippen MR) is 46.0 cm³/mol. The van der Waals surface area contributed by atoms with E-state index in [1.54, 1.807) is 0 Å². The number of hydrogen-bond acceptors (Lipinski definition) is 5. The molecule has 0 spiro atoms. The van der Waals surface area contributed by atoms with Crippen LogP contribution >= 0.6 is 0 Å². The third-order valence-electron chi connectivity index (χ3n) is 2.47. The molecule has 0 bridgehead atoms. The molecule has 14 heavy (non-hydrogen) atoms. The maximum Gasteiger partial charge on any atom is 0.377 e. The van der Waals surface area contributed by atoms with Gasteiger partial charge in [0.1, 0.15) is 0 Å². The third-order valence-corrected chi connectivity index (χ3v) is 2.47. The zero-order valence-electron chi connectivity index (χ0n) is 7.73. The van der Waals surface area contributed by atoms with E-state index in [4.69, 9.17) is 9.63 Å². The third kappa shape index (κ3) is 1.48. The van der Waals surface area contributed by atoms with Gasteiger partial charge in [-0.1, -0.05) is 6.92 Å². The number of rotatable bonds is 2. The van der Waals surface area contributed by atoms with Crippen LogP contribution in [0.5, 0.6) is 0 Å². The number of carbonyl (C=O) groups is 1. The summed E-state index contributed by atoms with van der Waals surface area (Å²) in [6.45, 7) is 3.73. The van der Waals surface area contributed by atoms with Crippen molar-refractivity contribution in [3.05, 3.63) is 11.7 Å². The summed E-state index contributed by atoms with van der Waals surface area (Å²) in [6, 6.07) is 0. The predicted octanol–water partition coefficient (Wildman–Crippen LogP) is 0.0907. The number of nitrogens with zero attached hydrogens (tertiary/aromatic N) is 2. The van der Waals surface area contributed by atoms with Crippen LogP contribution in [0.15, 0.2) is 4.52 Å². The molecular formula is C8H11N3O3. The molecule has 2 atom stereocenters. The molecule has 6 heteroatoms. The molecule has 0 aliphatic carbocycles. The summed E-state index contributed by atoms with van der Waals surface area (Å²) in [7, 11) is 0. The van der Waals surface area contributed by atoms with Crippen molar-refractivity contribution >= 4 is 5.97 Å². The van der Waals surface area contributed by atoms with Crippen LogP contribution in [0.25, 0.3) is 0 Å². The first-order valence-corrected chi connectivity index (χ1v) is 4.46. The van der Waals surface area contributed by atoms with Crippen molar-refractivity contribution in [2.75, 3.05) is 13.1 Å². The van der Waals surface area contributed by atoms with Crippen LogP contribution in [0.3, 0.4) is 0 Å². The maximum atomic E-state index is 10.5. The molecule has 1 aliphatic rings. The molecule has 0 aromatic carbocycles. The van der Waals surface area contributed by atoms with Crippen LogP contribution < -0.4 is 5.32 Å². The Kier molecular flexibility index (Phi) is 2.20. The Morgan fingerprint density at radius 3 is 2.93 bits per heavy atom. The van der Waals surface area contributed by atoms with Crippen molar-refractivity contribution in [1.82, 2.24) is 15.5 Å². The summed E-state index contributed by atoms with van der Waals surface area (Å²) >= 11 is 0. The molecular weight excluding hydrogens is 186 g/mol. The molecule has 2 heterocycles. The quantitative estimate of drug-likeness (QED) is 0.698. The number of hydrogen-bond donors (Lipinski definition) is 2. The van der Waals surface area contributed by atoms with Crippen LogP contribution in [0.1, 0.15) is 29.4 Å². The second-order valence-corrected chi connectivity index (χ2v) is 3.50. The van der Waals surface area contributed by atoms with Gasteiger partial charge in [0, 0.05) is 6.54 Å². The van der Waals surface area contributed by atoms with Gasteiger partial charge in [0.05, 0.1) is 5.92 Å². The standard InChI is InChI=1S/C8H11N3O3/c1-4-2-9-3-5(4)7-10-6(8(12)13)11-14-7/h4-5,9H,2-3H2,1H3,(H,12,13)/t4-,5-/m1/s1. The summed E-state index contributed by atoms with van der Waals surface area (Å²) in [5, 5.41) is 15.2. The van der Waals surface area contributed by atoms with Gasteiger partial charge in [-0.15, -0.1) is 0 Å². The Bertz CT molecular complexity index is 349. The van der Waals surface area contributed by atoms with E-state index >= 15 is 0 Å². The first-order chi connectivity index (χ1) is 6.68. The van der Waals surface area contributed by atoms with Crippen LogP contribution in [0.2, 0.25) is 0 Å². The van der Waals surface area contributed by atoms with Crippen molar-refractivity contribution in [2.45, 2.75) is 12.8 Å². The Morgan fingerprint density at radius 2 is 2.43 bits per heavy atom. The lowest BCUT2D eigenvalue weighted by molar-refractivity contribution is 0.0680. The lowest BCUT2D eigenvalue weighted by Gasteiger charge is -2.06. The van der Waals surface area contributed by atoms with E-state index in [1.807, 2.05) is 0 Å². The van der Waals surface area contributed by atoms with Gasteiger partial charge in [0.2, 0.25) is 5.89 Å². The lowest BCUT2D eigenvalue weighted by Crippen LogP contribution is -2.09. The molecule has 1 saturated heterocycles. The van der Waals surface area contributed by atoms with E-state index in [0.717, 1.165) is 13.1 Å². The minimum Gasteiger partial charge on any atom is -0.475 e. The minimum atomic E-state index is -1.15. The molecule has 6 nitrogen and oxygen atoms in total. The Balaban J connectivity index is 2.20. The molecule has 0 radical (unpaired) electrons. The normalized spacial score (nSPS) is 26.6. The van der Waals surface area contributed by atoms with Crippen LogP contribution in [0, 0.1) is 5.92 Å².